The van der Waals surface area contributed by atoms with E-state index in [4.69, 9.17) is 4.74 Å². The molecule has 94 valence electrons. The third-order valence-corrected chi connectivity index (χ3v) is 3.70. The lowest BCUT2D eigenvalue weighted by Gasteiger charge is -2.16. The van der Waals surface area contributed by atoms with Crippen LogP contribution >= 0.6 is 0 Å². The third-order valence-electron chi connectivity index (χ3n) is 3.70. The normalized spacial score (nSPS) is 19.8. The Morgan fingerprint density at radius 3 is 3.00 bits per heavy atom. The number of aryl methyl sites for hydroxylation is 1. The molecule has 2 heteroatoms. The summed E-state index contributed by atoms with van der Waals surface area (Å²) in [6.45, 7) is 4.37. The average molecular weight is 233 g/mol. The fraction of sp³-hybridized carbons (Fsp3) is 0.600. The van der Waals surface area contributed by atoms with Gasteiger partial charge >= 0.3 is 0 Å². The number of hydrogen-bond donors (Lipinski definition) is 1. The van der Waals surface area contributed by atoms with E-state index in [1.807, 2.05) is 7.05 Å². The maximum Gasteiger partial charge on any atom is 0.123 e. The third kappa shape index (κ3) is 3.01. The Labute approximate surface area is 104 Å². The van der Waals surface area contributed by atoms with Crippen molar-refractivity contribution in [2.24, 2.45) is 0 Å². The summed E-state index contributed by atoms with van der Waals surface area (Å²) < 4.78 is 5.97. The molecule has 0 aromatic heterocycles. The minimum atomic E-state index is 0.384. The first kappa shape index (κ1) is 12.4. The summed E-state index contributed by atoms with van der Waals surface area (Å²) in [5.74, 6) is 1.10. The van der Waals surface area contributed by atoms with Crippen LogP contribution < -0.4 is 10.1 Å². The Hall–Kier alpha value is -1.02. The molecule has 0 fully saturated rings. The standard InChI is InChI=1S/C15H23NO/c1-4-13(16-3)6-7-14-10-12-9-11(2)5-8-15(12)17-14/h5,8-9,13-14,16H,4,6-7,10H2,1-3H3. The fourth-order valence-electron chi connectivity index (χ4n) is 2.55. The van der Waals surface area contributed by atoms with Crippen LogP contribution in [0.25, 0.3) is 0 Å². The van der Waals surface area contributed by atoms with Gasteiger partial charge in [0.25, 0.3) is 0 Å². The Kier molecular flexibility index (Phi) is 4.06. The zero-order valence-corrected chi connectivity index (χ0v) is 11.1. The molecule has 0 saturated carbocycles. The Morgan fingerprint density at radius 2 is 2.29 bits per heavy atom. The van der Waals surface area contributed by atoms with E-state index < -0.39 is 0 Å². The second-order valence-corrected chi connectivity index (χ2v) is 5.03. The van der Waals surface area contributed by atoms with Crippen LogP contribution in [0.1, 0.15) is 37.3 Å². The lowest BCUT2D eigenvalue weighted by atomic mass is 10.0. The van der Waals surface area contributed by atoms with Crippen molar-refractivity contribution in [1.29, 1.82) is 0 Å². The van der Waals surface area contributed by atoms with Crippen LogP contribution in [0.4, 0.5) is 0 Å². The average Bonchev–Trinajstić information content (AvgIpc) is 2.72. The minimum Gasteiger partial charge on any atom is -0.490 e. The second kappa shape index (κ2) is 5.54. The van der Waals surface area contributed by atoms with Crippen molar-refractivity contribution in [3.63, 3.8) is 0 Å². The zero-order valence-electron chi connectivity index (χ0n) is 11.1. The molecule has 2 atom stereocenters. The predicted molar refractivity (Wildman–Crippen MR) is 71.7 cm³/mol. The van der Waals surface area contributed by atoms with Gasteiger partial charge in [-0.1, -0.05) is 24.6 Å². The van der Waals surface area contributed by atoms with Gasteiger partial charge < -0.3 is 10.1 Å². The van der Waals surface area contributed by atoms with E-state index in [1.54, 1.807) is 0 Å². The molecule has 0 spiro atoms. The predicted octanol–water partition coefficient (Wildman–Crippen LogP) is 3.08. The van der Waals surface area contributed by atoms with Crippen LogP contribution in [0.2, 0.25) is 0 Å². The summed E-state index contributed by atoms with van der Waals surface area (Å²) in [6.07, 6.45) is 5.00. The topological polar surface area (TPSA) is 21.3 Å². The van der Waals surface area contributed by atoms with Crippen molar-refractivity contribution in [1.82, 2.24) is 5.32 Å². The lowest BCUT2D eigenvalue weighted by Crippen LogP contribution is -2.26. The molecular weight excluding hydrogens is 210 g/mol. The summed E-state index contributed by atoms with van der Waals surface area (Å²) in [4.78, 5) is 0. The van der Waals surface area contributed by atoms with Gasteiger partial charge in [0.2, 0.25) is 0 Å². The summed E-state index contributed by atoms with van der Waals surface area (Å²) in [6, 6.07) is 7.12. The van der Waals surface area contributed by atoms with Crippen molar-refractivity contribution in [2.45, 2.75) is 51.7 Å². The van der Waals surface area contributed by atoms with Crippen LogP contribution in [0, 0.1) is 6.92 Å². The van der Waals surface area contributed by atoms with Gasteiger partial charge in [-0.3, -0.25) is 0 Å². The van der Waals surface area contributed by atoms with Gasteiger partial charge in [-0.2, -0.15) is 0 Å². The SMILES string of the molecule is CCC(CCC1Cc2cc(C)ccc2O1)NC. The number of benzene rings is 1. The molecule has 2 nitrogen and oxygen atoms in total. The molecule has 2 unspecified atom stereocenters. The summed E-state index contributed by atoms with van der Waals surface area (Å²) >= 11 is 0. The summed E-state index contributed by atoms with van der Waals surface area (Å²) in [5, 5.41) is 3.35. The first-order valence-electron chi connectivity index (χ1n) is 6.66. The minimum absolute atomic E-state index is 0.384. The van der Waals surface area contributed by atoms with Crippen molar-refractivity contribution in [3.05, 3.63) is 29.3 Å². The van der Waals surface area contributed by atoms with Gasteiger partial charge in [0, 0.05) is 12.5 Å². The van der Waals surface area contributed by atoms with Crippen molar-refractivity contribution < 1.29 is 4.74 Å². The van der Waals surface area contributed by atoms with E-state index >= 15 is 0 Å². The largest absolute Gasteiger partial charge is 0.490 e. The number of hydrogen-bond acceptors (Lipinski definition) is 2. The molecule has 0 bridgehead atoms. The first-order chi connectivity index (χ1) is 8.22. The molecule has 2 rings (SSSR count). The van der Waals surface area contributed by atoms with E-state index in [-0.39, 0.29) is 0 Å². The van der Waals surface area contributed by atoms with E-state index in [0.29, 0.717) is 12.1 Å². The van der Waals surface area contributed by atoms with E-state index in [2.05, 4.69) is 37.4 Å². The molecule has 17 heavy (non-hydrogen) atoms. The van der Waals surface area contributed by atoms with Gasteiger partial charge in [0.15, 0.2) is 0 Å². The van der Waals surface area contributed by atoms with Crippen molar-refractivity contribution in [3.8, 4) is 5.75 Å². The molecule has 1 aromatic carbocycles. The Bertz CT molecular complexity index is 371. The number of fused-ring (bicyclic) bond motifs is 1. The van der Waals surface area contributed by atoms with E-state index in [1.165, 1.54) is 24.0 Å². The molecule has 0 saturated heterocycles. The highest BCUT2D eigenvalue weighted by atomic mass is 16.5. The Balaban J connectivity index is 1.88. The summed E-state index contributed by atoms with van der Waals surface area (Å²) in [5.41, 5.74) is 2.71. The van der Waals surface area contributed by atoms with Gasteiger partial charge in [0.05, 0.1) is 0 Å². The summed E-state index contributed by atoms with van der Waals surface area (Å²) in [7, 11) is 2.04. The molecule has 0 radical (unpaired) electrons. The molecule has 1 aromatic rings. The fourth-order valence-corrected chi connectivity index (χ4v) is 2.55. The van der Waals surface area contributed by atoms with Crippen molar-refractivity contribution in [2.75, 3.05) is 7.05 Å². The number of rotatable bonds is 5. The maximum absolute atomic E-state index is 5.97. The lowest BCUT2D eigenvalue weighted by molar-refractivity contribution is 0.211. The molecule has 0 amide bonds. The van der Waals surface area contributed by atoms with Crippen LogP contribution in [0.3, 0.4) is 0 Å². The highest BCUT2D eigenvalue weighted by Gasteiger charge is 2.23. The second-order valence-electron chi connectivity index (χ2n) is 5.03. The smallest absolute Gasteiger partial charge is 0.123 e. The van der Waals surface area contributed by atoms with Crippen LogP contribution in [-0.4, -0.2) is 19.2 Å². The molecule has 1 heterocycles. The molecule has 0 aliphatic carbocycles. The van der Waals surface area contributed by atoms with E-state index in [9.17, 15) is 0 Å². The maximum atomic E-state index is 5.97. The highest BCUT2D eigenvalue weighted by molar-refractivity contribution is 5.40. The molecular formula is C15H23NO. The zero-order chi connectivity index (χ0) is 12.3. The molecule has 1 N–H and O–H groups in total. The monoisotopic (exact) mass is 233 g/mol. The first-order valence-corrected chi connectivity index (χ1v) is 6.66. The quantitative estimate of drug-likeness (QED) is 0.844. The van der Waals surface area contributed by atoms with Crippen molar-refractivity contribution >= 4 is 0 Å². The van der Waals surface area contributed by atoms with Gasteiger partial charge in [-0.05, 0) is 44.9 Å². The van der Waals surface area contributed by atoms with Gasteiger partial charge in [-0.15, -0.1) is 0 Å². The Morgan fingerprint density at radius 1 is 1.47 bits per heavy atom. The number of nitrogens with one attached hydrogen (secondary N) is 1. The van der Waals surface area contributed by atoms with Crippen LogP contribution in [0.15, 0.2) is 18.2 Å². The van der Waals surface area contributed by atoms with Gasteiger partial charge in [0.1, 0.15) is 11.9 Å². The van der Waals surface area contributed by atoms with E-state index in [0.717, 1.165) is 18.6 Å². The number of ether oxygens (including phenoxy) is 1. The molecule has 1 aliphatic heterocycles. The highest BCUT2D eigenvalue weighted by Crippen LogP contribution is 2.31. The van der Waals surface area contributed by atoms with Crippen LogP contribution in [-0.2, 0) is 6.42 Å². The van der Waals surface area contributed by atoms with Crippen LogP contribution in [0.5, 0.6) is 5.75 Å². The molecule has 1 aliphatic rings. The van der Waals surface area contributed by atoms with Gasteiger partial charge in [-0.25, -0.2) is 0 Å².